The molecule has 0 aliphatic rings. The lowest BCUT2D eigenvalue weighted by Crippen LogP contribution is -1.88. The zero-order valence-electron chi connectivity index (χ0n) is 11.3. The molecule has 0 aliphatic heterocycles. The van der Waals surface area contributed by atoms with Gasteiger partial charge in [0.25, 0.3) is 0 Å². The first-order valence-electron chi connectivity index (χ1n) is 6.52. The van der Waals surface area contributed by atoms with Crippen molar-refractivity contribution in [1.82, 2.24) is 9.38 Å². The predicted octanol–water partition coefficient (Wildman–Crippen LogP) is 5.18. The Morgan fingerprint density at radius 1 is 1.10 bits per heavy atom. The minimum absolute atomic E-state index is 0.605. The molecule has 0 unspecified atom stereocenters. The molecular formula is C16H14Cl2N2. The molecule has 0 N–H and O–H groups in total. The van der Waals surface area contributed by atoms with Gasteiger partial charge in [0.05, 0.1) is 15.7 Å². The Kier molecular flexibility index (Phi) is 3.45. The first-order valence-corrected chi connectivity index (χ1v) is 7.28. The van der Waals surface area contributed by atoms with Crippen LogP contribution in [0, 0.1) is 6.92 Å². The Bertz CT molecular complexity index is 773. The quantitative estimate of drug-likeness (QED) is 0.637. The van der Waals surface area contributed by atoms with Crippen LogP contribution in [0.3, 0.4) is 0 Å². The molecule has 0 saturated heterocycles. The Hall–Kier alpha value is -1.51. The van der Waals surface area contributed by atoms with Gasteiger partial charge in [-0.05, 0) is 24.5 Å². The topological polar surface area (TPSA) is 17.3 Å². The van der Waals surface area contributed by atoms with E-state index >= 15 is 0 Å². The zero-order valence-corrected chi connectivity index (χ0v) is 12.8. The molecule has 20 heavy (non-hydrogen) atoms. The largest absolute Gasteiger partial charge is 0.304 e. The molecule has 0 aliphatic carbocycles. The smallest absolute Gasteiger partial charge is 0.156 e. The number of fused-ring (bicyclic) bond motifs is 1. The minimum Gasteiger partial charge on any atom is -0.304 e. The lowest BCUT2D eigenvalue weighted by molar-refractivity contribution is 1.14. The van der Waals surface area contributed by atoms with Crippen molar-refractivity contribution in [3.05, 3.63) is 57.8 Å². The highest BCUT2D eigenvalue weighted by Gasteiger charge is 2.11. The highest BCUT2D eigenvalue weighted by molar-refractivity contribution is 6.37. The molecule has 4 heteroatoms. The van der Waals surface area contributed by atoms with Crippen LogP contribution in [-0.2, 0) is 6.42 Å². The van der Waals surface area contributed by atoms with E-state index in [0.29, 0.717) is 10.0 Å². The van der Waals surface area contributed by atoms with Gasteiger partial charge in [0.2, 0.25) is 0 Å². The fraction of sp³-hybridized carbons (Fsp3) is 0.188. The molecule has 0 bridgehead atoms. The average Bonchev–Trinajstić information content (AvgIpc) is 2.89. The summed E-state index contributed by atoms with van der Waals surface area (Å²) < 4.78 is 1.88. The molecule has 2 aromatic heterocycles. The zero-order chi connectivity index (χ0) is 14.3. The molecule has 1 aromatic carbocycles. The minimum atomic E-state index is 0.605. The van der Waals surface area contributed by atoms with E-state index in [1.165, 1.54) is 5.56 Å². The maximum absolute atomic E-state index is 6.31. The number of hydrogen-bond acceptors (Lipinski definition) is 1. The van der Waals surface area contributed by atoms with Crippen molar-refractivity contribution >= 4 is 28.8 Å². The highest BCUT2D eigenvalue weighted by atomic mass is 35.5. The van der Waals surface area contributed by atoms with Gasteiger partial charge in [0.15, 0.2) is 5.65 Å². The monoisotopic (exact) mass is 304 g/mol. The van der Waals surface area contributed by atoms with Crippen LogP contribution in [-0.4, -0.2) is 9.38 Å². The highest BCUT2D eigenvalue weighted by Crippen LogP contribution is 2.29. The van der Waals surface area contributed by atoms with Gasteiger partial charge in [-0.2, -0.15) is 0 Å². The summed E-state index contributed by atoms with van der Waals surface area (Å²) in [6.45, 7) is 4.04. The number of rotatable bonds is 2. The van der Waals surface area contributed by atoms with Crippen LogP contribution >= 0.6 is 23.2 Å². The van der Waals surface area contributed by atoms with Crippen molar-refractivity contribution in [3.63, 3.8) is 0 Å². The van der Waals surface area contributed by atoms with Crippen LogP contribution in [0.5, 0.6) is 0 Å². The fourth-order valence-corrected chi connectivity index (χ4v) is 2.69. The van der Waals surface area contributed by atoms with E-state index in [-0.39, 0.29) is 0 Å². The van der Waals surface area contributed by atoms with Gasteiger partial charge < -0.3 is 4.40 Å². The normalized spacial score (nSPS) is 11.2. The van der Waals surface area contributed by atoms with Gasteiger partial charge in [-0.3, -0.25) is 0 Å². The van der Waals surface area contributed by atoms with E-state index < -0.39 is 0 Å². The third kappa shape index (κ3) is 2.19. The number of halogens is 2. The first kappa shape index (κ1) is 13.5. The summed E-state index contributed by atoms with van der Waals surface area (Å²) in [5.74, 6) is 0. The van der Waals surface area contributed by atoms with Gasteiger partial charge in [-0.15, -0.1) is 0 Å². The van der Waals surface area contributed by atoms with Crippen molar-refractivity contribution in [2.75, 3.05) is 0 Å². The molecule has 3 rings (SSSR count). The van der Waals surface area contributed by atoms with Crippen LogP contribution < -0.4 is 0 Å². The molecule has 102 valence electrons. The van der Waals surface area contributed by atoms with Crippen LogP contribution in [0.15, 0.2) is 36.7 Å². The molecule has 0 atom stereocenters. The van der Waals surface area contributed by atoms with Gasteiger partial charge >= 0.3 is 0 Å². The lowest BCUT2D eigenvalue weighted by Gasteiger charge is -2.02. The van der Waals surface area contributed by atoms with Crippen LogP contribution in [0.4, 0.5) is 0 Å². The van der Waals surface area contributed by atoms with Crippen LogP contribution in [0.2, 0.25) is 10.0 Å². The SMILES string of the molecule is CCc1ccc(-c2cn3cc(Cl)c(C)c(Cl)c3n2)cc1. The van der Waals surface area contributed by atoms with Crippen molar-refractivity contribution in [3.8, 4) is 11.3 Å². The second-order valence-corrected chi connectivity index (χ2v) is 5.61. The molecule has 0 spiro atoms. The molecule has 2 nitrogen and oxygen atoms in total. The van der Waals surface area contributed by atoms with Crippen LogP contribution in [0.25, 0.3) is 16.9 Å². The summed E-state index contributed by atoms with van der Waals surface area (Å²) in [6.07, 6.45) is 4.83. The van der Waals surface area contributed by atoms with Crippen molar-refractivity contribution < 1.29 is 0 Å². The molecule has 0 fully saturated rings. The fourth-order valence-electron chi connectivity index (χ4n) is 2.20. The summed E-state index contributed by atoms with van der Waals surface area (Å²) >= 11 is 12.5. The summed E-state index contributed by atoms with van der Waals surface area (Å²) in [5, 5.41) is 1.25. The number of hydrogen-bond donors (Lipinski definition) is 0. The first-order chi connectivity index (χ1) is 9.60. The van der Waals surface area contributed by atoms with E-state index in [9.17, 15) is 0 Å². The molecule has 3 aromatic rings. The molecule has 0 saturated carbocycles. The van der Waals surface area contributed by atoms with Gasteiger partial charge in [0, 0.05) is 18.0 Å². The molecule has 2 heterocycles. The molecule has 0 radical (unpaired) electrons. The molecular weight excluding hydrogens is 291 g/mol. The Balaban J connectivity index is 2.15. The van der Waals surface area contributed by atoms with E-state index in [4.69, 9.17) is 23.2 Å². The van der Waals surface area contributed by atoms with Crippen molar-refractivity contribution in [1.29, 1.82) is 0 Å². The Morgan fingerprint density at radius 2 is 1.80 bits per heavy atom. The molecule has 0 amide bonds. The average molecular weight is 305 g/mol. The summed E-state index contributed by atoms with van der Waals surface area (Å²) in [4.78, 5) is 4.61. The van der Waals surface area contributed by atoms with E-state index in [1.807, 2.05) is 23.7 Å². The third-order valence-electron chi connectivity index (χ3n) is 3.53. The third-order valence-corrected chi connectivity index (χ3v) is 4.36. The summed E-state index contributed by atoms with van der Waals surface area (Å²) in [5.41, 5.74) is 4.89. The van der Waals surface area contributed by atoms with Crippen molar-refractivity contribution in [2.24, 2.45) is 0 Å². The van der Waals surface area contributed by atoms with Gasteiger partial charge in [-0.1, -0.05) is 54.4 Å². The summed E-state index contributed by atoms with van der Waals surface area (Å²) in [7, 11) is 0. The number of imidazole rings is 1. The van der Waals surface area contributed by atoms with Crippen molar-refractivity contribution in [2.45, 2.75) is 20.3 Å². The number of pyridine rings is 1. The van der Waals surface area contributed by atoms with E-state index in [0.717, 1.165) is 28.9 Å². The van der Waals surface area contributed by atoms with E-state index in [2.05, 4.69) is 36.2 Å². The predicted molar refractivity (Wildman–Crippen MR) is 84.8 cm³/mol. The number of nitrogens with zero attached hydrogens (tertiary/aromatic N) is 2. The Labute approximate surface area is 128 Å². The van der Waals surface area contributed by atoms with Crippen LogP contribution in [0.1, 0.15) is 18.1 Å². The van der Waals surface area contributed by atoms with Gasteiger partial charge in [0.1, 0.15) is 0 Å². The standard InChI is InChI=1S/C16H14Cl2N2/c1-3-11-4-6-12(7-5-11)14-9-20-8-13(17)10(2)15(18)16(20)19-14/h4-9H,3H2,1-2H3. The number of aryl methyl sites for hydroxylation is 1. The summed E-state index contributed by atoms with van der Waals surface area (Å²) in [6, 6.07) is 8.42. The second kappa shape index (κ2) is 5.12. The number of benzene rings is 1. The second-order valence-electron chi connectivity index (χ2n) is 4.82. The maximum Gasteiger partial charge on any atom is 0.156 e. The maximum atomic E-state index is 6.31. The van der Waals surface area contributed by atoms with Gasteiger partial charge in [-0.25, -0.2) is 4.98 Å². The lowest BCUT2D eigenvalue weighted by atomic mass is 10.1. The Morgan fingerprint density at radius 3 is 2.45 bits per heavy atom. The number of aromatic nitrogens is 2. The van der Waals surface area contributed by atoms with E-state index in [1.54, 1.807) is 0 Å².